The van der Waals surface area contributed by atoms with Gasteiger partial charge in [-0.15, -0.1) is 0 Å². The molecule has 0 rings (SSSR count). The van der Waals surface area contributed by atoms with Gasteiger partial charge in [0.15, 0.2) is 0 Å². The second-order valence-electron chi connectivity index (χ2n) is 3.26. The SMILES string of the molecule is O=P([O-])([O-])OC(CC(F)(F)F)CC(F)(F)C(F)F. The van der Waals surface area contributed by atoms with Gasteiger partial charge in [-0.05, 0) is 0 Å². The molecule has 0 saturated carbocycles. The summed E-state index contributed by atoms with van der Waals surface area (Å²) in [5, 5.41) is 0. The maximum absolute atomic E-state index is 12.5. The minimum Gasteiger partial charge on any atom is -0.790 e. The molecular formula is C6H6F7O4P-2. The van der Waals surface area contributed by atoms with E-state index in [4.69, 9.17) is 0 Å². The van der Waals surface area contributed by atoms with Gasteiger partial charge in [0.1, 0.15) is 0 Å². The highest BCUT2D eigenvalue weighted by Crippen LogP contribution is 2.38. The number of phosphoric acid groups is 1. The first-order chi connectivity index (χ1) is 7.73. The lowest BCUT2D eigenvalue weighted by Gasteiger charge is -2.34. The van der Waals surface area contributed by atoms with E-state index in [0.717, 1.165) is 0 Å². The van der Waals surface area contributed by atoms with Gasteiger partial charge in [0.05, 0.1) is 20.3 Å². The van der Waals surface area contributed by atoms with Crippen molar-refractivity contribution in [1.82, 2.24) is 0 Å². The number of hydrogen-bond acceptors (Lipinski definition) is 4. The lowest BCUT2D eigenvalue weighted by atomic mass is 10.1. The Hall–Kier alpha value is -0.380. The van der Waals surface area contributed by atoms with E-state index in [1.165, 1.54) is 0 Å². The lowest BCUT2D eigenvalue weighted by molar-refractivity contribution is -0.347. The molecule has 0 aliphatic carbocycles. The molecule has 1 unspecified atom stereocenters. The van der Waals surface area contributed by atoms with Gasteiger partial charge in [-0.25, -0.2) is 17.6 Å². The van der Waals surface area contributed by atoms with Crippen LogP contribution in [0, 0.1) is 0 Å². The molecule has 0 N–H and O–H groups in total. The van der Waals surface area contributed by atoms with Crippen molar-refractivity contribution in [2.45, 2.75) is 37.5 Å². The van der Waals surface area contributed by atoms with Gasteiger partial charge in [0.2, 0.25) is 0 Å². The van der Waals surface area contributed by atoms with Gasteiger partial charge in [-0.2, -0.15) is 13.2 Å². The molecule has 0 fully saturated rings. The molecule has 0 bridgehead atoms. The third-order valence-electron chi connectivity index (χ3n) is 1.56. The summed E-state index contributed by atoms with van der Waals surface area (Å²) in [4.78, 5) is 20.1. The second-order valence-corrected chi connectivity index (χ2v) is 4.37. The van der Waals surface area contributed by atoms with Gasteiger partial charge >= 0.3 is 18.5 Å². The standard InChI is InChI=1S/C6H8F7O4P/c7-4(8)5(9,10)1-3(2-6(11,12)13)17-18(14,15)16/h3-4H,1-2H2,(H2,14,15,16)/p-2. The van der Waals surface area contributed by atoms with Crippen LogP contribution in [-0.4, -0.2) is 24.6 Å². The summed E-state index contributed by atoms with van der Waals surface area (Å²) in [6, 6.07) is 0. The highest BCUT2D eigenvalue weighted by atomic mass is 31.2. The lowest BCUT2D eigenvalue weighted by Crippen LogP contribution is -2.36. The monoisotopic (exact) mass is 306 g/mol. The second kappa shape index (κ2) is 5.72. The third-order valence-corrected chi connectivity index (χ3v) is 2.11. The summed E-state index contributed by atoms with van der Waals surface area (Å²) in [5.74, 6) is -4.90. The Bertz CT molecular complexity index is 312. The minimum absolute atomic E-state index is 2.24. The molecule has 0 spiro atoms. The van der Waals surface area contributed by atoms with E-state index in [0.29, 0.717) is 0 Å². The smallest absolute Gasteiger partial charge is 0.391 e. The van der Waals surface area contributed by atoms with E-state index in [1.54, 1.807) is 0 Å². The van der Waals surface area contributed by atoms with Gasteiger partial charge in [0, 0.05) is 6.42 Å². The molecule has 0 aromatic heterocycles. The van der Waals surface area contributed by atoms with Crippen molar-refractivity contribution in [2.24, 2.45) is 0 Å². The number of halogens is 7. The molecule has 0 radical (unpaired) electrons. The summed E-state index contributed by atoms with van der Waals surface area (Å²) >= 11 is 0. The van der Waals surface area contributed by atoms with Crippen LogP contribution in [0.3, 0.4) is 0 Å². The zero-order valence-corrected chi connectivity index (χ0v) is 9.19. The van der Waals surface area contributed by atoms with Gasteiger partial charge in [-0.3, -0.25) is 0 Å². The Balaban J connectivity index is 4.84. The van der Waals surface area contributed by atoms with Gasteiger partial charge in [0.25, 0.3) is 0 Å². The fourth-order valence-electron chi connectivity index (χ4n) is 0.980. The van der Waals surface area contributed by atoms with Crippen molar-refractivity contribution < 1.29 is 49.6 Å². The fraction of sp³-hybridized carbons (Fsp3) is 1.00. The summed E-state index contributed by atoms with van der Waals surface area (Å²) in [7, 11) is -6.00. The first-order valence-electron chi connectivity index (χ1n) is 4.16. The molecule has 0 aromatic carbocycles. The summed E-state index contributed by atoms with van der Waals surface area (Å²) < 4.78 is 97.2. The van der Waals surface area contributed by atoms with E-state index in [-0.39, 0.29) is 0 Å². The van der Waals surface area contributed by atoms with Crippen LogP contribution >= 0.6 is 7.82 Å². The highest BCUT2D eigenvalue weighted by molar-refractivity contribution is 7.43. The predicted octanol–water partition coefficient (Wildman–Crippen LogP) is 1.44. The van der Waals surface area contributed by atoms with Crippen molar-refractivity contribution in [1.29, 1.82) is 0 Å². The zero-order chi connectivity index (χ0) is 14.8. The van der Waals surface area contributed by atoms with Crippen molar-refractivity contribution in [3.63, 3.8) is 0 Å². The average Bonchev–Trinajstić information content (AvgIpc) is 1.94. The van der Waals surface area contributed by atoms with E-state index in [2.05, 4.69) is 4.52 Å². The Morgan fingerprint density at radius 2 is 1.50 bits per heavy atom. The summed E-state index contributed by atoms with van der Waals surface area (Å²) in [5.41, 5.74) is 0. The van der Waals surface area contributed by atoms with Crippen LogP contribution in [-0.2, 0) is 9.09 Å². The minimum atomic E-state index is -6.00. The molecule has 12 heteroatoms. The van der Waals surface area contributed by atoms with Crippen LogP contribution in [0.4, 0.5) is 30.7 Å². The summed E-state index contributed by atoms with van der Waals surface area (Å²) in [6.45, 7) is 0. The van der Waals surface area contributed by atoms with Crippen LogP contribution in [0.15, 0.2) is 0 Å². The molecular weight excluding hydrogens is 300 g/mol. The molecule has 0 aliphatic rings. The van der Waals surface area contributed by atoms with Crippen LogP contribution in [0.2, 0.25) is 0 Å². The van der Waals surface area contributed by atoms with Crippen LogP contribution in [0.5, 0.6) is 0 Å². The van der Waals surface area contributed by atoms with Crippen LogP contribution in [0.25, 0.3) is 0 Å². The number of alkyl halides is 7. The molecule has 0 amide bonds. The molecule has 1 atom stereocenters. The number of rotatable bonds is 6. The van der Waals surface area contributed by atoms with Crippen molar-refractivity contribution in [3.05, 3.63) is 0 Å². The molecule has 0 heterocycles. The summed E-state index contributed by atoms with van der Waals surface area (Å²) in [6.07, 6.45) is -16.9. The van der Waals surface area contributed by atoms with Crippen LogP contribution < -0.4 is 9.79 Å². The fourth-order valence-corrected chi connectivity index (χ4v) is 1.49. The van der Waals surface area contributed by atoms with Gasteiger partial charge in [-0.1, -0.05) is 0 Å². The van der Waals surface area contributed by atoms with Gasteiger partial charge < -0.3 is 18.9 Å². The zero-order valence-electron chi connectivity index (χ0n) is 8.29. The predicted molar refractivity (Wildman–Crippen MR) is 38.7 cm³/mol. The maximum atomic E-state index is 12.5. The topological polar surface area (TPSA) is 72.4 Å². The largest absolute Gasteiger partial charge is 0.790 e. The Labute approximate surface area is 96.0 Å². The molecule has 0 saturated heterocycles. The van der Waals surface area contributed by atoms with E-state index in [9.17, 15) is 45.1 Å². The van der Waals surface area contributed by atoms with E-state index in [1.807, 2.05) is 0 Å². The Morgan fingerprint density at radius 3 is 1.78 bits per heavy atom. The van der Waals surface area contributed by atoms with E-state index < -0.39 is 45.3 Å². The maximum Gasteiger partial charge on any atom is 0.391 e. The molecule has 4 nitrogen and oxygen atoms in total. The molecule has 18 heavy (non-hydrogen) atoms. The average molecular weight is 306 g/mol. The Kier molecular flexibility index (Phi) is 5.60. The van der Waals surface area contributed by atoms with Crippen molar-refractivity contribution >= 4 is 7.82 Å². The van der Waals surface area contributed by atoms with Crippen molar-refractivity contribution in [2.75, 3.05) is 0 Å². The van der Waals surface area contributed by atoms with Crippen molar-refractivity contribution in [3.8, 4) is 0 Å². The normalized spacial score (nSPS) is 16.1. The quantitative estimate of drug-likeness (QED) is 0.550. The Morgan fingerprint density at radius 1 is 1.06 bits per heavy atom. The highest BCUT2D eigenvalue weighted by Gasteiger charge is 2.45. The number of phosphoric ester groups is 1. The number of hydrogen-bond donors (Lipinski definition) is 0. The van der Waals surface area contributed by atoms with E-state index >= 15 is 0 Å². The molecule has 0 aliphatic heterocycles. The first-order valence-corrected chi connectivity index (χ1v) is 5.62. The molecule has 110 valence electrons. The van der Waals surface area contributed by atoms with Crippen LogP contribution in [0.1, 0.15) is 12.8 Å². The third kappa shape index (κ3) is 7.85. The molecule has 0 aromatic rings. The first kappa shape index (κ1) is 17.6.